The van der Waals surface area contributed by atoms with Gasteiger partial charge in [0.15, 0.2) is 0 Å². The molecule has 1 amide bonds. The number of rotatable bonds is 12. The smallest absolute Gasteiger partial charge is 0.416 e. The van der Waals surface area contributed by atoms with Crippen LogP contribution < -0.4 is 10.9 Å². The van der Waals surface area contributed by atoms with E-state index in [1.807, 2.05) is 39.8 Å². The lowest BCUT2D eigenvalue weighted by molar-refractivity contribution is -0.139. The molecule has 8 nitrogen and oxygen atoms in total. The van der Waals surface area contributed by atoms with Crippen LogP contribution in [-0.2, 0) is 39.8 Å². The molecule has 2 N–H and O–H groups in total. The van der Waals surface area contributed by atoms with Crippen molar-refractivity contribution in [1.29, 1.82) is 0 Å². The average molecular weight is 712 g/mol. The molecule has 1 aromatic heterocycles. The van der Waals surface area contributed by atoms with Crippen LogP contribution in [0, 0.1) is 25.6 Å². The number of benzene rings is 2. The van der Waals surface area contributed by atoms with E-state index in [9.17, 15) is 37.1 Å². The van der Waals surface area contributed by atoms with Crippen LogP contribution in [0.3, 0.4) is 0 Å². The quantitative estimate of drug-likeness (QED) is 0.203. The Hall–Kier alpha value is -4.03. The molecule has 2 saturated heterocycles. The lowest BCUT2D eigenvalue weighted by Gasteiger charge is -2.28. The fourth-order valence-electron chi connectivity index (χ4n) is 8.29. The molecule has 51 heavy (non-hydrogen) atoms. The minimum Gasteiger partial charge on any atom is -0.481 e. The Morgan fingerprint density at radius 3 is 2.41 bits per heavy atom. The van der Waals surface area contributed by atoms with Gasteiger partial charge in [-0.2, -0.15) is 13.2 Å². The SMILES string of the molecule is Cc1cc(F)cc(C)c1-c1cc(C(CC(=O)O)NC(=O)[C@@H](CC(C)C)n2cc(CCN3C[C@H]4C[C@@H]3CO4)c(C(F)(F)F)cc2=O)cc2c1CCC2. The van der Waals surface area contributed by atoms with Crippen LogP contribution in [-0.4, -0.2) is 58.3 Å². The van der Waals surface area contributed by atoms with Crippen molar-refractivity contribution in [2.75, 3.05) is 19.7 Å². The monoisotopic (exact) mass is 711 g/mol. The number of morpholine rings is 1. The number of carboxylic acids is 1. The summed E-state index contributed by atoms with van der Waals surface area (Å²) in [6.07, 6.45) is -0.531. The predicted molar refractivity (Wildman–Crippen MR) is 184 cm³/mol. The molecule has 1 aliphatic carbocycles. The van der Waals surface area contributed by atoms with Gasteiger partial charge in [-0.1, -0.05) is 19.9 Å². The highest BCUT2D eigenvalue weighted by Crippen LogP contribution is 2.39. The van der Waals surface area contributed by atoms with E-state index in [2.05, 4.69) is 10.2 Å². The van der Waals surface area contributed by atoms with Crippen LogP contribution in [0.15, 0.2) is 41.3 Å². The molecule has 3 aromatic rings. The van der Waals surface area contributed by atoms with Crippen LogP contribution in [0.25, 0.3) is 11.1 Å². The maximum Gasteiger partial charge on any atom is 0.416 e. The summed E-state index contributed by atoms with van der Waals surface area (Å²) in [6, 6.07) is 5.21. The zero-order chi connectivity index (χ0) is 36.8. The van der Waals surface area contributed by atoms with Gasteiger partial charge < -0.3 is 19.7 Å². The normalized spacial score (nSPS) is 19.8. The van der Waals surface area contributed by atoms with Crippen molar-refractivity contribution in [1.82, 2.24) is 14.8 Å². The van der Waals surface area contributed by atoms with Crippen molar-refractivity contribution in [2.24, 2.45) is 5.92 Å². The fraction of sp³-hybridized carbons (Fsp3) is 0.513. The lowest BCUT2D eigenvalue weighted by atomic mass is 9.87. The summed E-state index contributed by atoms with van der Waals surface area (Å²) in [5.41, 5.74) is 3.80. The molecule has 0 spiro atoms. The van der Waals surface area contributed by atoms with Crippen LogP contribution in [0.1, 0.15) is 90.6 Å². The molecule has 1 unspecified atom stereocenters. The Balaban J connectivity index is 1.36. The second-order valence-electron chi connectivity index (χ2n) is 14.8. The number of nitrogens with zero attached hydrogens (tertiary/aromatic N) is 2. The number of alkyl halides is 3. The topological polar surface area (TPSA) is 101 Å². The van der Waals surface area contributed by atoms with Gasteiger partial charge in [0.1, 0.15) is 11.9 Å². The van der Waals surface area contributed by atoms with Gasteiger partial charge in [-0.15, -0.1) is 0 Å². The van der Waals surface area contributed by atoms with Crippen molar-refractivity contribution >= 4 is 11.9 Å². The first-order chi connectivity index (χ1) is 24.1. The minimum absolute atomic E-state index is 0.0239. The number of fused-ring (bicyclic) bond motifs is 3. The molecule has 2 aliphatic heterocycles. The van der Waals surface area contributed by atoms with E-state index >= 15 is 0 Å². The molecule has 2 aromatic carbocycles. The lowest BCUT2D eigenvalue weighted by Crippen LogP contribution is -2.41. The zero-order valence-electron chi connectivity index (χ0n) is 29.4. The van der Waals surface area contributed by atoms with Gasteiger partial charge >= 0.3 is 12.1 Å². The highest BCUT2D eigenvalue weighted by Gasteiger charge is 2.40. The summed E-state index contributed by atoms with van der Waals surface area (Å²) >= 11 is 0. The largest absolute Gasteiger partial charge is 0.481 e. The number of amides is 1. The number of likely N-dealkylation sites (tertiary alicyclic amines) is 1. The minimum atomic E-state index is -4.77. The standard InChI is InChI=1S/C39H45F4N3O5/c1-21(2)10-34(46-18-25(32(16-35(46)47)39(41,42)43)8-9-45-19-29-15-28(45)20-51-29)38(50)44-33(17-36(48)49)26-13-24-6-5-7-30(24)31(14-26)37-22(3)11-27(40)12-23(37)4/h11-14,16,18,21,28-29,33-34H,5-10,15,17,19-20H2,1-4H3,(H,44,50)(H,48,49)/t28-,29-,33?,34-/m1/s1. The van der Waals surface area contributed by atoms with Gasteiger partial charge in [-0.25, -0.2) is 4.39 Å². The van der Waals surface area contributed by atoms with Gasteiger partial charge in [0, 0.05) is 31.4 Å². The van der Waals surface area contributed by atoms with Crippen LogP contribution in [0.2, 0.25) is 0 Å². The van der Waals surface area contributed by atoms with Crippen LogP contribution in [0.5, 0.6) is 0 Å². The van der Waals surface area contributed by atoms with E-state index < -0.39 is 47.7 Å². The van der Waals surface area contributed by atoms with Gasteiger partial charge in [0.25, 0.3) is 5.56 Å². The third-order valence-electron chi connectivity index (χ3n) is 10.6. The summed E-state index contributed by atoms with van der Waals surface area (Å²) in [6.45, 7) is 8.86. The Morgan fingerprint density at radius 1 is 1.08 bits per heavy atom. The van der Waals surface area contributed by atoms with E-state index in [1.165, 1.54) is 18.3 Å². The summed E-state index contributed by atoms with van der Waals surface area (Å²) in [5.74, 6) is -2.31. The number of halogens is 4. The van der Waals surface area contributed by atoms with E-state index in [4.69, 9.17) is 4.74 Å². The number of aliphatic carboxylic acids is 1. The van der Waals surface area contributed by atoms with Gasteiger partial charge in [0.2, 0.25) is 5.91 Å². The molecule has 2 bridgehead atoms. The Bertz CT molecular complexity index is 1860. The summed E-state index contributed by atoms with van der Waals surface area (Å²) in [5, 5.41) is 12.8. The number of nitrogens with one attached hydrogen (secondary N) is 1. The van der Waals surface area contributed by atoms with E-state index in [-0.39, 0.29) is 42.3 Å². The molecule has 274 valence electrons. The predicted octanol–water partition coefficient (Wildman–Crippen LogP) is 6.71. The average Bonchev–Trinajstić information content (AvgIpc) is 3.79. The number of hydrogen-bond donors (Lipinski definition) is 2. The summed E-state index contributed by atoms with van der Waals surface area (Å²) < 4.78 is 63.7. The van der Waals surface area contributed by atoms with E-state index in [0.717, 1.165) is 63.6 Å². The zero-order valence-corrected chi connectivity index (χ0v) is 29.4. The molecular formula is C39H45F4N3O5. The third kappa shape index (κ3) is 7.91. The van der Waals surface area contributed by atoms with Crippen molar-refractivity contribution in [2.45, 2.75) is 103 Å². The first-order valence-corrected chi connectivity index (χ1v) is 17.7. The molecule has 4 atom stereocenters. The number of carbonyl (C=O) groups excluding carboxylic acids is 1. The Labute approximate surface area is 294 Å². The molecule has 0 saturated carbocycles. The van der Waals surface area contributed by atoms with Crippen molar-refractivity contribution in [3.05, 3.63) is 91.6 Å². The molecule has 2 fully saturated rings. The Morgan fingerprint density at radius 2 is 1.80 bits per heavy atom. The number of carboxylic acid groups (broad SMARTS) is 1. The van der Waals surface area contributed by atoms with Gasteiger partial charge in [0.05, 0.1) is 30.7 Å². The molecule has 12 heteroatoms. The van der Waals surface area contributed by atoms with Crippen LogP contribution in [0.4, 0.5) is 17.6 Å². The summed E-state index contributed by atoms with van der Waals surface area (Å²) in [7, 11) is 0. The van der Waals surface area contributed by atoms with Crippen molar-refractivity contribution < 1.29 is 37.0 Å². The first-order valence-electron chi connectivity index (χ1n) is 17.7. The number of carbonyl (C=O) groups is 2. The van der Waals surface area contributed by atoms with E-state index in [1.54, 1.807) is 0 Å². The second kappa shape index (κ2) is 14.5. The second-order valence-corrected chi connectivity index (χ2v) is 14.8. The number of aryl methyl sites for hydroxylation is 3. The highest BCUT2D eigenvalue weighted by molar-refractivity contribution is 5.82. The van der Waals surface area contributed by atoms with Crippen molar-refractivity contribution in [3.63, 3.8) is 0 Å². The molecule has 0 radical (unpaired) electrons. The third-order valence-corrected chi connectivity index (χ3v) is 10.6. The molecular weight excluding hydrogens is 666 g/mol. The highest BCUT2D eigenvalue weighted by atomic mass is 19.4. The maximum atomic E-state index is 14.3. The first kappa shape index (κ1) is 36.8. The number of pyridine rings is 1. The molecule has 3 aliphatic rings. The van der Waals surface area contributed by atoms with E-state index in [0.29, 0.717) is 31.3 Å². The van der Waals surface area contributed by atoms with Gasteiger partial charge in [-0.05, 0) is 121 Å². The van der Waals surface area contributed by atoms with Crippen LogP contribution >= 0.6 is 0 Å². The molecule has 6 rings (SSSR count). The number of aromatic nitrogens is 1. The number of hydrogen-bond acceptors (Lipinski definition) is 5. The fourth-order valence-corrected chi connectivity index (χ4v) is 8.29. The number of ether oxygens (including phenoxy) is 1. The maximum absolute atomic E-state index is 14.3. The van der Waals surface area contributed by atoms with Crippen molar-refractivity contribution in [3.8, 4) is 11.1 Å². The molecule has 3 heterocycles. The van der Waals surface area contributed by atoms with Gasteiger partial charge in [-0.3, -0.25) is 19.3 Å². The summed E-state index contributed by atoms with van der Waals surface area (Å²) in [4.78, 5) is 42.0. The Kier molecular flexibility index (Phi) is 10.5.